The van der Waals surface area contributed by atoms with E-state index in [1.807, 2.05) is 0 Å². The molecule has 2 heterocycles. The van der Waals surface area contributed by atoms with Gasteiger partial charge < -0.3 is 16.4 Å². The molecule has 0 amide bonds. The van der Waals surface area contributed by atoms with Crippen LogP contribution >= 0.6 is 11.6 Å². The summed E-state index contributed by atoms with van der Waals surface area (Å²) in [5.41, 5.74) is 6.13. The fraction of sp³-hybridized carbons (Fsp3) is 0.421. The van der Waals surface area contributed by atoms with Crippen LogP contribution in [0.4, 0.5) is 30.8 Å². The molecular formula is C19H21ClF3N7. The van der Waals surface area contributed by atoms with Crippen molar-refractivity contribution in [1.82, 2.24) is 19.5 Å². The lowest BCUT2D eigenvalue weighted by Gasteiger charge is -2.13. The molecule has 4 N–H and O–H groups in total. The minimum absolute atomic E-state index is 0.0309. The number of rotatable bonds is 6. The SMILES string of the molecule is NCCn1c(Nc2cc(Cl)cc(C(F)(F)F)c2)nc2cnc(NC3CCCC3)nc21. The van der Waals surface area contributed by atoms with Crippen molar-refractivity contribution in [2.45, 2.75) is 44.4 Å². The first-order chi connectivity index (χ1) is 14.3. The number of nitrogens with two attached hydrogens (primary N) is 1. The Morgan fingerprint density at radius 1 is 1.17 bits per heavy atom. The summed E-state index contributed by atoms with van der Waals surface area (Å²) in [4.78, 5) is 13.3. The second-order valence-electron chi connectivity index (χ2n) is 7.26. The van der Waals surface area contributed by atoms with Crippen LogP contribution in [-0.4, -0.2) is 32.1 Å². The summed E-state index contributed by atoms with van der Waals surface area (Å²) < 4.78 is 41.1. The summed E-state index contributed by atoms with van der Waals surface area (Å²) in [5.74, 6) is 0.819. The molecular weight excluding hydrogens is 419 g/mol. The van der Waals surface area contributed by atoms with E-state index in [9.17, 15) is 13.2 Å². The molecule has 30 heavy (non-hydrogen) atoms. The second-order valence-corrected chi connectivity index (χ2v) is 7.69. The number of hydrogen-bond acceptors (Lipinski definition) is 6. The van der Waals surface area contributed by atoms with E-state index in [-0.39, 0.29) is 10.7 Å². The van der Waals surface area contributed by atoms with Gasteiger partial charge in [0.2, 0.25) is 11.9 Å². The Labute approximate surface area is 175 Å². The van der Waals surface area contributed by atoms with Gasteiger partial charge in [-0.1, -0.05) is 24.4 Å². The number of halogens is 4. The van der Waals surface area contributed by atoms with E-state index in [0.717, 1.165) is 25.0 Å². The smallest absolute Gasteiger partial charge is 0.351 e. The van der Waals surface area contributed by atoms with Crippen molar-refractivity contribution in [3.8, 4) is 0 Å². The number of alkyl halides is 3. The van der Waals surface area contributed by atoms with Crippen LogP contribution in [0.25, 0.3) is 11.2 Å². The zero-order valence-electron chi connectivity index (χ0n) is 16.0. The van der Waals surface area contributed by atoms with Gasteiger partial charge in [0.25, 0.3) is 0 Å². The van der Waals surface area contributed by atoms with Gasteiger partial charge in [-0.05, 0) is 31.0 Å². The van der Waals surface area contributed by atoms with E-state index in [0.29, 0.717) is 42.2 Å². The molecule has 0 bridgehead atoms. The third-order valence-electron chi connectivity index (χ3n) is 5.01. The molecule has 0 atom stereocenters. The summed E-state index contributed by atoms with van der Waals surface area (Å²) in [6.07, 6.45) is 1.60. The van der Waals surface area contributed by atoms with Crippen LogP contribution in [0.1, 0.15) is 31.2 Å². The highest BCUT2D eigenvalue weighted by Crippen LogP contribution is 2.34. The molecule has 1 saturated carbocycles. The maximum Gasteiger partial charge on any atom is 0.416 e. The van der Waals surface area contributed by atoms with Crippen molar-refractivity contribution < 1.29 is 13.2 Å². The fourth-order valence-electron chi connectivity index (χ4n) is 3.63. The molecule has 0 saturated heterocycles. The molecule has 1 aromatic carbocycles. The second kappa shape index (κ2) is 8.27. The van der Waals surface area contributed by atoms with E-state index in [1.165, 1.54) is 18.9 Å². The predicted molar refractivity (Wildman–Crippen MR) is 110 cm³/mol. The van der Waals surface area contributed by atoms with Crippen LogP contribution in [0.2, 0.25) is 5.02 Å². The standard InChI is InChI=1S/C19H21ClF3N7/c20-12-7-11(19(21,22)23)8-14(9-12)27-18-28-15-10-25-17(26-13-3-1-2-4-13)29-16(15)30(18)6-5-24/h7-10,13H,1-6,24H2,(H,27,28)(H,25,26,29). The third kappa shape index (κ3) is 4.44. The Hall–Kier alpha value is -2.59. The summed E-state index contributed by atoms with van der Waals surface area (Å²) >= 11 is 5.89. The van der Waals surface area contributed by atoms with E-state index in [2.05, 4.69) is 25.6 Å². The van der Waals surface area contributed by atoms with Gasteiger partial charge in [-0.25, -0.2) is 9.97 Å². The molecule has 2 aromatic heterocycles. The lowest BCUT2D eigenvalue weighted by molar-refractivity contribution is -0.137. The van der Waals surface area contributed by atoms with Gasteiger partial charge in [-0.3, -0.25) is 4.57 Å². The molecule has 160 valence electrons. The molecule has 1 fully saturated rings. The molecule has 7 nitrogen and oxygen atoms in total. The number of fused-ring (bicyclic) bond motifs is 1. The Morgan fingerprint density at radius 2 is 1.93 bits per heavy atom. The zero-order valence-corrected chi connectivity index (χ0v) is 16.8. The highest BCUT2D eigenvalue weighted by Gasteiger charge is 2.31. The summed E-state index contributed by atoms with van der Waals surface area (Å²) in [7, 11) is 0. The van der Waals surface area contributed by atoms with Crippen molar-refractivity contribution in [2.24, 2.45) is 5.73 Å². The maximum absolute atomic E-state index is 13.1. The first-order valence-electron chi connectivity index (χ1n) is 9.68. The number of anilines is 3. The highest BCUT2D eigenvalue weighted by molar-refractivity contribution is 6.31. The summed E-state index contributed by atoms with van der Waals surface area (Å²) in [6.45, 7) is 0.685. The maximum atomic E-state index is 13.1. The lowest BCUT2D eigenvalue weighted by atomic mass is 10.2. The monoisotopic (exact) mass is 439 g/mol. The van der Waals surface area contributed by atoms with Gasteiger partial charge in [0, 0.05) is 29.8 Å². The third-order valence-corrected chi connectivity index (χ3v) is 5.23. The van der Waals surface area contributed by atoms with Crippen LogP contribution in [-0.2, 0) is 12.7 Å². The van der Waals surface area contributed by atoms with Crippen LogP contribution in [0.15, 0.2) is 24.4 Å². The quantitative estimate of drug-likeness (QED) is 0.521. The van der Waals surface area contributed by atoms with Crippen molar-refractivity contribution in [3.05, 3.63) is 35.0 Å². The van der Waals surface area contributed by atoms with Gasteiger partial charge >= 0.3 is 6.18 Å². The van der Waals surface area contributed by atoms with Crippen molar-refractivity contribution in [2.75, 3.05) is 17.2 Å². The number of hydrogen-bond donors (Lipinski definition) is 3. The molecule has 1 aliphatic carbocycles. The van der Waals surface area contributed by atoms with E-state index >= 15 is 0 Å². The highest BCUT2D eigenvalue weighted by atomic mass is 35.5. The topological polar surface area (TPSA) is 93.7 Å². The lowest BCUT2D eigenvalue weighted by Crippen LogP contribution is -2.17. The first kappa shape index (κ1) is 20.7. The molecule has 11 heteroatoms. The molecule has 0 aliphatic heterocycles. The van der Waals surface area contributed by atoms with Gasteiger partial charge in [-0.15, -0.1) is 0 Å². The molecule has 1 aliphatic rings. The van der Waals surface area contributed by atoms with Crippen molar-refractivity contribution in [1.29, 1.82) is 0 Å². The molecule has 4 rings (SSSR count). The molecule has 3 aromatic rings. The van der Waals surface area contributed by atoms with Gasteiger partial charge in [-0.2, -0.15) is 18.2 Å². The normalized spacial score (nSPS) is 15.1. The Balaban J connectivity index is 1.68. The van der Waals surface area contributed by atoms with E-state index < -0.39 is 11.7 Å². The van der Waals surface area contributed by atoms with Gasteiger partial charge in [0.15, 0.2) is 5.65 Å². The van der Waals surface area contributed by atoms with E-state index in [1.54, 1.807) is 10.8 Å². The van der Waals surface area contributed by atoms with E-state index in [4.69, 9.17) is 17.3 Å². The number of benzene rings is 1. The zero-order chi connectivity index (χ0) is 21.3. The number of aromatic nitrogens is 4. The molecule has 0 radical (unpaired) electrons. The van der Waals surface area contributed by atoms with Crippen LogP contribution in [0.5, 0.6) is 0 Å². The predicted octanol–water partition coefficient (Wildman–Crippen LogP) is 4.56. The average molecular weight is 440 g/mol. The largest absolute Gasteiger partial charge is 0.416 e. The molecule has 0 unspecified atom stereocenters. The fourth-order valence-corrected chi connectivity index (χ4v) is 3.87. The van der Waals surface area contributed by atoms with Crippen molar-refractivity contribution >= 4 is 40.3 Å². The van der Waals surface area contributed by atoms with Gasteiger partial charge in [0.05, 0.1) is 11.8 Å². The van der Waals surface area contributed by atoms with Crippen LogP contribution in [0, 0.1) is 0 Å². The average Bonchev–Trinajstić information content (AvgIpc) is 3.29. The number of imidazole rings is 1. The summed E-state index contributed by atoms with van der Waals surface area (Å²) in [5, 5.41) is 6.22. The Kier molecular flexibility index (Phi) is 5.70. The Morgan fingerprint density at radius 3 is 2.63 bits per heavy atom. The van der Waals surface area contributed by atoms with Crippen molar-refractivity contribution in [3.63, 3.8) is 0 Å². The minimum atomic E-state index is -4.51. The van der Waals surface area contributed by atoms with Crippen LogP contribution in [0.3, 0.4) is 0 Å². The summed E-state index contributed by atoms with van der Waals surface area (Å²) in [6, 6.07) is 3.61. The minimum Gasteiger partial charge on any atom is -0.351 e. The first-order valence-corrected chi connectivity index (χ1v) is 10.1. The van der Waals surface area contributed by atoms with Crippen LogP contribution < -0.4 is 16.4 Å². The van der Waals surface area contributed by atoms with Gasteiger partial charge in [0.1, 0.15) is 5.52 Å². The Bertz CT molecular complexity index is 1040. The molecule has 0 spiro atoms. The number of nitrogens with zero attached hydrogens (tertiary/aromatic N) is 4. The number of nitrogens with one attached hydrogen (secondary N) is 2.